The van der Waals surface area contributed by atoms with E-state index in [4.69, 9.17) is 0 Å². The molecule has 1 saturated heterocycles. The summed E-state index contributed by atoms with van der Waals surface area (Å²) in [6, 6.07) is 20.9. The molecular formula is C31H32N6O5. The molecule has 4 aromatic rings. The molecule has 2 heterocycles. The van der Waals surface area contributed by atoms with Crippen LogP contribution in [0.3, 0.4) is 0 Å². The van der Waals surface area contributed by atoms with E-state index in [0.29, 0.717) is 25.9 Å². The van der Waals surface area contributed by atoms with E-state index in [2.05, 4.69) is 15.6 Å². The van der Waals surface area contributed by atoms with Crippen molar-refractivity contribution < 1.29 is 19.3 Å². The van der Waals surface area contributed by atoms with Gasteiger partial charge in [-0.15, -0.1) is 0 Å². The van der Waals surface area contributed by atoms with Gasteiger partial charge in [-0.3, -0.25) is 19.7 Å². The number of carbonyl (C=O) groups excluding carboxylic acids is 3. The topological polar surface area (TPSA) is 141 Å². The lowest BCUT2D eigenvalue weighted by Crippen LogP contribution is -2.54. The Labute approximate surface area is 242 Å². The molecule has 1 aliphatic rings. The molecule has 0 saturated carbocycles. The van der Waals surface area contributed by atoms with Crippen molar-refractivity contribution in [3.8, 4) is 0 Å². The number of hydrogen-bond acceptors (Lipinski definition) is 5. The van der Waals surface area contributed by atoms with Crippen molar-refractivity contribution in [2.75, 3.05) is 18.9 Å². The Hall–Kier alpha value is -5.19. The maximum atomic E-state index is 13.8. The molecule has 0 aliphatic carbocycles. The Bertz CT molecular complexity index is 1600. The largest absolute Gasteiger partial charge is 0.361 e. The summed E-state index contributed by atoms with van der Waals surface area (Å²) in [4.78, 5) is 57.6. The zero-order valence-corrected chi connectivity index (χ0v) is 23.2. The highest BCUT2D eigenvalue weighted by Gasteiger charge is 2.37. The quantitative estimate of drug-likeness (QED) is 0.202. The number of anilines is 1. The van der Waals surface area contributed by atoms with E-state index in [9.17, 15) is 24.5 Å². The van der Waals surface area contributed by atoms with Crippen molar-refractivity contribution in [2.45, 2.75) is 37.9 Å². The van der Waals surface area contributed by atoms with Crippen molar-refractivity contribution in [3.63, 3.8) is 0 Å². The molecule has 3 aromatic carbocycles. The fourth-order valence-electron chi connectivity index (χ4n) is 5.40. The van der Waals surface area contributed by atoms with Gasteiger partial charge in [0, 0.05) is 49.7 Å². The summed E-state index contributed by atoms with van der Waals surface area (Å²) in [6.07, 6.45) is 3.08. The number of nitro groups is 1. The molecule has 0 spiro atoms. The number of carbonyl (C=O) groups is 3. The molecule has 11 heteroatoms. The average Bonchev–Trinajstić information content (AvgIpc) is 3.65. The van der Waals surface area contributed by atoms with Gasteiger partial charge in [0.15, 0.2) is 0 Å². The summed E-state index contributed by atoms with van der Waals surface area (Å²) in [7, 11) is 1.70. The summed E-state index contributed by atoms with van der Waals surface area (Å²) >= 11 is 0. The van der Waals surface area contributed by atoms with Crippen LogP contribution in [0.4, 0.5) is 16.2 Å². The number of benzene rings is 3. The first-order chi connectivity index (χ1) is 20.3. The zero-order valence-electron chi connectivity index (χ0n) is 23.2. The van der Waals surface area contributed by atoms with Gasteiger partial charge >= 0.3 is 6.03 Å². The van der Waals surface area contributed by atoms with Crippen LogP contribution in [-0.4, -0.2) is 63.2 Å². The van der Waals surface area contributed by atoms with Crippen molar-refractivity contribution in [2.24, 2.45) is 0 Å². The molecule has 5 rings (SSSR count). The summed E-state index contributed by atoms with van der Waals surface area (Å²) in [5.41, 5.74) is 2.58. The molecule has 1 fully saturated rings. The number of amides is 4. The number of nitrogens with one attached hydrogen (secondary N) is 3. The van der Waals surface area contributed by atoms with Crippen LogP contribution in [0.25, 0.3) is 10.9 Å². The molecule has 0 unspecified atom stereocenters. The zero-order chi connectivity index (χ0) is 29.6. The van der Waals surface area contributed by atoms with E-state index in [-0.39, 0.29) is 23.7 Å². The number of urea groups is 1. The average molecular weight is 569 g/mol. The number of likely N-dealkylation sites (N-methyl/N-ethyl adjacent to an activating group) is 1. The third-order valence-electron chi connectivity index (χ3n) is 7.51. The van der Waals surface area contributed by atoms with Gasteiger partial charge in [-0.25, -0.2) is 4.79 Å². The first-order valence-electron chi connectivity index (χ1n) is 13.8. The number of aromatic nitrogens is 1. The number of H-pyrrole nitrogens is 1. The van der Waals surface area contributed by atoms with E-state index in [1.54, 1.807) is 18.0 Å². The predicted molar refractivity (Wildman–Crippen MR) is 159 cm³/mol. The van der Waals surface area contributed by atoms with Crippen molar-refractivity contribution in [3.05, 3.63) is 106 Å². The number of likely N-dealkylation sites (tertiary alicyclic amines) is 1. The van der Waals surface area contributed by atoms with Gasteiger partial charge in [-0.1, -0.05) is 60.7 Å². The van der Waals surface area contributed by atoms with Crippen LogP contribution in [0.5, 0.6) is 0 Å². The third kappa shape index (κ3) is 6.25. The lowest BCUT2D eigenvalue weighted by molar-refractivity contribution is -0.383. The molecule has 0 bridgehead atoms. The minimum absolute atomic E-state index is 0.0495. The van der Waals surface area contributed by atoms with E-state index in [1.807, 2.05) is 60.8 Å². The van der Waals surface area contributed by atoms with E-state index in [1.165, 1.54) is 23.1 Å². The summed E-state index contributed by atoms with van der Waals surface area (Å²) in [5, 5.41) is 17.9. The third-order valence-corrected chi connectivity index (χ3v) is 7.51. The first-order valence-corrected chi connectivity index (χ1v) is 13.8. The molecule has 4 amide bonds. The number of nitrogens with zero attached hydrogens (tertiary/aromatic N) is 3. The molecule has 1 aromatic heterocycles. The Morgan fingerprint density at radius 3 is 2.55 bits per heavy atom. The fraction of sp³-hybridized carbons (Fsp3) is 0.258. The highest BCUT2D eigenvalue weighted by Crippen LogP contribution is 2.26. The van der Waals surface area contributed by atoms with Crippen LogP contribution < -0.4 is 10.6 Å². The van der Waals surface area contributed by atoms with Crippen molar-refractivity contribution >= 4 is 40.1 Å². The van der Waals surface area contributed by atoms with E-state index < -0.39 is 28.9 Å². The molecule has 216 valence electrons. The summed E-state index contributed by atoms with van der Waals surface area (Å²) in [5.74, 6) is -0.706. The van der Waals surface area contributed by atoms with Crippen molar-refractivity contribution in [1.82, 2.24) is 20.1 Å². The van der Waals surface area contributed by atoms with Crippen LogP contribution in [0, 0.1) is 10.1 Å². The van der Waals surface area contributed by atoms with Gasteiger partial charge in [-0.05, 0) is 36.1 Å². The Morgan fingerprint density at radius 2 is 1.76 bits per heavy atom. The number of rotatable bonds is 9. The van der Waals surface area contributed by atoms with Gasteiger partial charge in [-0.2, -0.15) is 0 Å². The number of nitro benzene ring substituents is 1. The highest BCUT2D eigenvalue weighted by molar-refractivity contribution is 5.97. The minimum Gasteiger partial charge on any atom is -0.361 e. The Balaban J connectivity index is 1.35. The standard InChI is InChI=1S/C31H32N6O5/c1-35(20-21-10-3-2-4-11-21)30(39)26(18-22-19-32-24-13-6-5-12-23(22)24)33-29(38)28-16-9-17-36(28)31(40)34-25-14-7-8-15-27(25)37(41)42/h2-8,10-15,19,26,28,32H,9,16-18,20H2,1H3,(H,33,38)(H,34,40)/t26-,28-/m0/s1. The van der Waals surface area contributed by atoms with Crippen LogP contribution in [-0.2, 0) is 22.6 Å². The van der Waals surface area contributed by atoms with Gasteiger partial charge in [0.1, 0.15) is 17.8 Å². The van der Waals surface area contributed by atoms with Gasteiger partial charge in [0.05, 0.1) is 4.92 Å². The van der Waals surface area contributed by atoms with Gasteiger partial charge < -0.3 is 25.4 Å². The Kier molecular flexibility index (Phi) is 8.47. The molecule has 2 atom stereocenters. The van der Waals surface area contributed by atoms with E-state index >= 15 is 0 Å². The molecule has 1 aliphatic heterocycles. The first kappa shape index (κ1) is 28.3. The minimum atomic E-state index is -0.883. The van der Waals surface area contributed by atoms with Gasteiger partial charge in [0.25, 0.3) is 5.69 Å². The number of aromatic amines is 1. The lowest BCUT2D eigenvalue weighted by Gasteiger charge is -2.28. The van der Waals surface area contributed by atoms with Crippen LogP contribution >= 0.6 is 0 Å². The van der Waals surface area contributed by atoms with Crippen LogP contribution in [0.2, 0.25) is 0 Å². The molecule has 3 N–H and O–H groups in total. The second kappa shape index (κ2) is 12.5. The maximum Gasteiger partial charge on any atom is 0.322 e. The fourth-order valence-corrected chi connectivity index (χ4v) is 5.40. The maximum absolute atomic E-state index is 13.8. The number of hydrogen-bond donors (Lipinski definition) is 3. The van der Waals surface area contributed by atoms with Crippen LogP contribution in [0.1, 0.15) is 24.0 Å². The second-order valence-electron chi connectivity index (χ2n) is 10.4. The molecule has 11 nitrogen and oxygen atoms in total. The number of fused-ring (bicyclic) bond motifs is 1. The Morgan fingerprint density at radius 1 is 1.05 bits per heavy atom. The summed E-state index contributed by atoms with van der Waals surface area (Å²) in [6.45, 7) is 0.674. The second-order valence-corrected chi connectivity index (χ2v) is 10.4. The monoisotopic (exact) mass is 568 g/mol. The molecular weight excluding hydrogens is 536 g/mol. The normalized spacial score (nSPS) is 15.3. The SMILES string of the molecule is CN(Cc1ccccc1)C(=O)[C@H](Cc1c[nH]c2ccccc12)NC(=O)[C@@H]1CCCN1C(=O)Nc1ccccc1[N+](=O)[O-]. The van der Waals surface area contributed by atoms with Crippen molar-refractivity contribution in [1.29, 1.82) is 0 Å². The van der Waals surface area contributed by atoms with Gasteiger partial charge in [0.2, 0.25) is 11.8 Å². The smallest absolute Gasteiger partial charge is 0.322 e. The van der Waals surface area contributed by atoms with E-state index in [0.717, 1.165) is 22.0 Å². The lowest BCUT2D eigenvalue weighted by atomic mass is 10.0. The summed E-state index contributed by atoms with van der Waals surface area (Å²) < 4.78 is 0. The highest BCUT2D eigenvalue weighted by atomic mass is 16.6. The van der Waals surface area contributed by atoms with Crippen LogP contribution in [0.15, 0.2) is 85.1 Å². The predicted octanol–water partition coefficient (Wildman–Crippen LogP) is 4.46. The number of para-hydroxylation sites is 3. The molecule has 0 radical (unpaired) electrons. The molecule has 42 heavy (non-hydrogen) atoms.